The van der Waals surface area contributed by atoms with Gasteiger partial charge >= 0.3 is 6.09 Å². The number of ether oxygens (including phenoxy) is 2. The minimum Gasteiger partial charge on any atom is -0.496 e. The fourth-order valence-electron chi connectivity index (χ4n) is 3.87. The van der Waals surface area contributed by atoms with E-state index in [0.29, 0.717) is 29.7 Å². The van der Waals surface area contributed by atoms with Crippen molar-refractivity contribution in [2.24, 2.45) is 0 Å². The number of rotatable bonds is 5. The number of aliphatic hydroxyl groups is 1. The lowest BCUT2D eigenvalue weighted by molar-refractivity contribution is 0.0240. The number of benzene rings is 1. The number of nitrogens with one attached hydrogen (secondary N) is 1. The normalized spacial score (nSPS) is 15.5. The predicted molar refractivity (Wildman–Crippen MR) is 132 cm³/mol. The van der Waals surface area contributed by atoms with Gasteiger partial charge in [-0.1, -0.05) is 11.8 Å². The van der Waals surface area contributed by atoms with Gasteiger partial charge in [0.2, 0.25) is 0 Å². The summed E-state index contributed by atoms with van der Waals surface area (Å²) >= 11 is 1.20. The van der Waals surface area contributed by atoms with Gasteiger partial charge in [0.15, 0.2) is 5.16 Å². The van der Waals surface area contributed by atoms with E-state index >= 15 is 0 Å². The van der Waals surface area contributed by atoms with Crippen LogP contribution >= 0.6 is 11.8 Å². The van der Waals surface area contributed by atoms with E-state index in [1.54, 1.807) is 24.3 Å². The third-order valence-electron chi connectivity index (χ3n) is 5.61. The van der Waals surface area contributed by atoms with Crippen molar-refractivity contribution in [2.45, 2.75) is 43.9 Å². The van der Waals surface area contributed by atoms with E-state index in [2.05, 4.69) is 25.9 Å². The van der Waals surface area contributed by atoms with Crippen LogP contribution in [0.25, 0.3) is 11.0 Å². The molecule has 1 aromatic carbocycles. The number of carbonyl (C=O) groups is 1. The summed E-state index contributed by atoms with van der Waals surface area (Å²) in [7, 11) is 1.60. The molecule has 0 radical (unpaired) electrons. The molecular weight excluding hydrogens is 454 g/mol. The largest absolute Gasteiger partial charge is 0.496 e. The molecule has 9 nitrogen and oxygen atoms in total. The summed E-state index contributed by atoms with van der Waals surface area (Å²) in [5.41, 5.74) is 2.74. The molecule has 0 aliphatic carbocycles. The molecule has 1 aliphatic heterocycles. The van der Waals surface area contributed by atoms with Gasteiger partial charge in [0.05, 0.1) is 23.8 Å². The molecule has 1 atom stereocenters. The highest BCUT2D eigenvalue weighted by atomic mass is 32.2. The molecule has 1 saturated heterocycles. The molecule has 10 heteroatoms. The smallest absolute Gasteiger partial charge is 0.410 e. The molecule has 3 aromatic rings. The van der Waals surface area contributed by atoms with Crippen LogP contribution in [-0.4, -0.2) is 69.9 Å². The molecule has 4 rings (SSSR count). The number of aromatic amines is 1. The molecule has 1 aliphatic rings. The summed E-state index contributed by atoms with van der Waals surface area (Å²) in [6.45, 7) is 10.2. The fraction of sp³-hybridized carbons (Fsp3) is 0.458. The van der Waals surface area contributed by atoms with Gasteiger partial charge in [-0.2, -0.15) is 0 Å². The van der Waals surface area contributed by atoms with Crippen molar-refractivity contribution in [3.05, 3.63) is 41.7 Å². The summed E-state index contributed by atoms with van der Waals surface area (Å²) in [5, 5.41) is 11.3. The molecule has 0 saturated carbocycles. The van der Waals surface area contributed by atoms with Crippen molar-refractivity contribution >= 4 is 34.6 Å². The second-order valence-electron chi connectivity index (χ2n) is 9.19. The van der Waals surface area contributed by atoms with Gasteiger partial charge in [0, 0.05) is 43.6 Å². The van der Waals surface area contributed by atoms with E-state index in [0.717, 1.165) is 35.4 Å². The monoisotopic (exact) mass is 485 g/mol. The van der Waals surface area contributed by atoms with Gasteiger partial charge < -0.3 is 29.4 Å². The number of amides is 1. The summed E-state index contributed by atoms with van der Waals surface area (Å²) in [6, 6.07) is 7.82. The van der Waals surface area contributed by atoms with Gasteiger partial charge in [-0.05, 0) is 52.0 Å². The summed E-state index contributed by atoms with van der Waals surface area (Å²) in [4.78, 5) is 28.5. The summed E-state index contributed by atoms with van der Waals surface area (Å²) in [6.07, 6.45) is 1.36. The van der Waals surface area contributed by atoms with E-state index in [1.807, 2.05) is 39.8 Å². The molecule has 2 aromatic heterocycles. The first-order chi connectivity index (χ1) is 16.1. The number of carbonyl (C=O) groups excluding carboxylic acids is 1. The third-order valence-corrected chi connectivity index (χ3v) is 6.47. The van der Waals surface area contributed by atoms with Crippen LogP contribution in [0.4, 0.5) is 10.5 Å². The third kappa shape index (κ3) is 5.39. The first-order valence-corrected chi connectivity index (χ1v) is 12.1. The number of methoxy groups -OCH3 is 1. The maximum atomic E-state index is 12.3. The number of nitrogens with zero attached hydrogens (tertiary/aromatic N) is 4. The number of fused-ring (bicyclic) bond motifs is 1. The summed E-state index contributed by atoms with van der Waals surface area (Å²) < 4.78 is 10.8. The standard InChI is InChI=1S/C24H31N5O4S/c1-15-19(32-5)8-9-25-20(15)21(30)34-22-26-17-7-6-16(14-18(17)27-22)28-10-12-29(13-11-28)23(31)33-24(2,3)4/h6-9,14,21,30H,10-13H2,1-5H3,(H,26,27). The molecule has 2 N–H and O–H groups in total. The van der Waals surface area contributed by atoms with E-state index in [9.17, 15) is 9.90 Å². The van der Waals surface area contributed by atoms with Gasteiger partial charge in [-0.25, -0.2) is 9.78 Å². The zero-order chi connectivity index (χ0) is 24.5. The Morgan fingerprint density at radius 1 is 1.21 bits per heavy atom. The van der Waals surface area contributed by atoms with Crippen LogP contribution in [0.15, 0.2) is 35.6 Å². The van der Waals surface area contributed by atoms with E-state index in [4.69, 9.17) is 9.47 Å². The van der Waals surface area contributed by atoms with Crippen LogP contribution in [-0.2, 0) is 4.74 Å². The van der Waals surface area contributed by atoms with Crippen LogP contribution in [0.2, 0.25) is 0 Å². The number of aromatic nitrogens is 3. The van der Waals surface area contributed by atoms with E-state index in [-0.39, 0.29) is 6.09 Å². The van der Waals surface area contributed by atoms with Crippen molar-refractivity contribution in [1.29, 1.82) is 0 Å². The lowest BCUT2D eigenvalue weighted by Crippen LogP contribution is -2.50. The van der Waals surface area contributed by atoms with Crippen molar-refractivity contribution < 1.29 is 19.4 Å². The molecule has 3 heterocycles. The Balaban J connectivity index is 1.42. The average Bonchev–Trinajstić information content (AvgIpc) is 3.19. The van der Waals surface area contributed by atoms with Gasteiger partial charge in [-0.3, -0.25) is 4.98 Å². The second kappa shape index (κ2) is 9.71. The minimum absolute atomic E-state index is 0.267. The maximum absolute atomic E-state index is 12.3. The van der Waals surface area contributed by atoms with Crippen molar-refractivity contribution in [3.63, 3.8) is 0 Å². The number of pyridine rings is 1. The number of imidazole rings is 1. The Morgan fingerprint density at radius 3 is 2.62 bits per heavy atom. The van der Waals surface area contributed by atoms with Crippen LogP contribution in [0.1, 0.15) is 37.5 Å². The molecule has 1 unspecified atom stereocenters. The number of anilines is 1. The summed E-state index contributed by atoms with van der Waals surface area (Å²) in [5.74, 6) is 0.686. The zero-order valence-electron chi connectivity index (χ0n) is 20.2. The zero-order valence-corrected chi connectivity index (χ0v) is 21.0. The Hall–Kier alpha value is -2.98. The first-order valence-electron chi connectivity index (χ1n) is 11.2. The van der Waals surface area contributed by atoms with Crippen LogP contribution in [0, 0.1) is 6.92 Å². The van der Waals surface area contributed by atoms with Gasteiger partial charge in [0.25, 0.3) is 0 Å². The van der Waals surface area contributed by atoms with Gasteiger partial charge in [-0.15, -0.1) is 0 Å². The highest BCUT2D eigenvalue weighted by molar-refractivity contribution is 7.99. The number of H-pyrrole nitrogens is 1. The van der Waals surface area contributed by atoms with E-state index < -0.39 is 11.0 Å². The SMILES string of the molecule is COc1ccnc(C(O)Sc2nc3ccc(N4CCN(C(=O)OC(C)(C)C)CC4)cc3[nH]2)c1C. The molecule has 0 spiro atoms. The van der Waals surface area contributed by atoms with E-state index in [1.165, 1.54) is 11.8 Å². The maximum Gasteiger partial charge on any atom is 0.410 e. The van der Waals surface area contributed by atoms with Gasteiger partial charge in [0.1, 0.15) is 16.8 Å². The highest BCUT2D eigenvalue weighted by Gasteiger charge is 2.26. The number of aliphatic hydroxyl groups excluding tert-OH is 1. The molecule has 34 heavy (non-hydrogen) atoms. The van der Waals surface area contributed by atoms with Crippen molar-refractivity contribution in [1.82, 2.24) is 19.9 Å². The lowest BCUT2D eigenvalue weighted by atomic mass is 10.2. The minimum atomic E-state index is -0.879. The Kier molecular flexibility index (Phi) is 6.90. The molecule has 182 valence electrons. The van der Waals surface area contributed by atoms with Crippen molar-refractivity contribution in [3.8, 4) is 5.75 Å². The number of hydrogen-bond acceptors (Lipinski definition) is 8. The second-order valence-corrected chi connectivity index (χ2v) is 10.3. The molecule has 1 fully saturated rings. The Labute approximate surface area is 203 Å². The molecular formula is C24H31N5O4S. The Morgan fingerprint density at radius 2 is 1.94 bits per heavy atom. The predicted octanol–water partition coefficient (Wildman–Crippen LogP) is 4.12. The van der Waals surface area contributed by atoms with Crippen LogP contribution in [0.3, 0.4) is 0 Å². The molecule has 1 amide bonds. The average molecular weight is 486 g/mol. The van der Waals surface area contributed by atoms with Crippen LogP contribution < -0.4 is 9.64 Å². The Bertz CT molecular complexity index is 1170. The topological polar surface area (TPSA) is 104 Å². The number of hydrogen-bond donors (Lipinski definition) is 2. The number of piperazine rings is 1. The molecule has 0 bridgehead atoms. The lowest BCUT2D eigenvalue weighted by Gasteiger charge is -2.36. The number of thioether (sulfide) groups is 1. The fourth-order valence-corrected chi connectivity index (χ4v) is 4.75. The van der Waals surface area contributed by atoms with Crippen LogP contribution in [0.5, 0.6) is 5.75 Å². The first kappa shape index (κ1) is 24.2. The highest BCUT2D eigenvalue weighted by Crippen LogP contribution is 2.35. The van der Waals surface area contributed by atoms with Crippen molar-refractivity contribution in [2.75, 3.05) is 38.2 Å². The quantitative estimate of drug-likeness (QED) is 0.411.